The summed E-state index contributed by atoms with van der Waals surface area (Å²) < 4.78 is 14.0. The SMILES string of the molecule is O=C(NCc1ccc(Br)s1)c1cc(F)ccc1O. The zero-order valence-electron chi connectivity index (χ0n) is 9.11. The van der Waals surface area contributed by atoms with Gasteiger partial charge < -0.3 is 10.4 Å². The van der Waals surface area contributed by atoms with Gasteiger partial charge in [0.2, 0.25) is 0 Å². The lowest BCUT2D eigenvalue weighted by atomic mass is 10.2. The van der Waals surface area contributed by atoms with E-state index < -0.39 is 11.7 Å². The van der Waals surface area contributed by atoms with Gasteiger partial charge in [-0.1, -0.05) is 0 Å². The molecule has 3 nitrogen and oxygen atoms in total. The van der Waals surface area contributed by atoms with Crippen LogP contribution in [0, 0.1) is 5.82 Å². The van der Waals surface area contributed by atoms with Gasteiger partial charge in [-0.2, -0.15) is 0 Å². The van der Waals surface area contributed by atoms with Crippen LogP contribution in [0.4, 0.5) is 4.39 Å². The highest BCUT2D eigenvalue weighted by molar-refractivity contribution is 9.11. The maximum atomic E-state index is 13.0. The molecule has 94 valence electrons. The Morgan fingerprint density at radius 3 is 2.83 bits per heavy atom. The molecule has 1 aromatic carbocycles. The number of carbonyl (C=O) groups is 1. The van der Waals surface area contributed by atoms with E-state index >= 15 is 0 Å². The molecule has 0 saturated carbocycles. The number of phenols is 1. The van der Waals surface area contributed by atoms with E-state index in [1.54, 1.807) is 0 Å². The van der Waals surface area contributed by atoms with E-state index in [4.69, 9.17) is 0 Å². The fraction of sp³-hybridized carbons (Fsp3) is 0.0833. The van der Waals surface area contributed by atoms with Crippen LogP contribution in [0.25, 0.3) is 0 Å². The maximum absolute atomic E-state index is 13.0. The van der Waals surface area contributed by atoms with Gasteiger partial charge in [-0.3, -0.25) is 4.79 Å². The number of hydrogen-bond donors (Lipinski definition) is 2. The highest BCUT2D eigenvalue weighted by Gasteiger charge is 2.12. The van der Waals surface area contributed by atoms with Crippen LogP contribution in [0.3, 0.4) is 0 Å². The van der Waals surface area contributed by atoms with Crippen molar-refractivity contribution in [1.82, 2.24) is 5.32 Å². The van der Waals surface area contributed by atoms with Crippen molar-refractivity contribution in [3.8, 4) is 5.75 Å². The first-order valence-electron chi connectivity index (χ1n) is 5.07. The lowest BCUT2D eigenvalue weighted by molar-refractivity contribution is 0.0948. The van der Waals surface area contributed by atoms with E-state index in [1.807, 2.05) is 12.1 Å². The molecule has 0 radical (unpaired) electrons. The van der Waals surface area contributed by atoms with Crippen molar-refractivity contribution < 1.29 is 14.3 Å². The standard InChI is InChI=1S/C12H9BrFNO2S/c13-11-4-2-8(18-11)6-15-12(17)9-5-7(14)1-3-10(9)16/h1-5,16H,6H2,(H,15,17). The molecule has 2 aromatic rings. The fourth-order valence-electron chi connectivity index (χ4n) is 1.40. The molecule has 1 amide bonds. The van der Waals surface area contributed by atoms with Crippen LogP contribution in [-0.2, 0) is 6.54 Å². The number of halogens is 2. The van der Waals surface area contributed by atoms with Crippen LogP contribution < -0.4 is 5.32 Å². The number of rotatable bonds is 3. The Labute approximate surface area is 115 Å². The van der Waals surface area contributed by atoms with E-state index in [0.717, 1.165) is 26.9 Å². The highest BCUT2D eigenvalue weighted by atomic mass is 79.9. The monoisotopic (exact) mass is 329 g/mol. The summed E-state index contributed by atoms with van der Waals surface area (Å²) in [6.07, 6.45) is 0. The molecule has 18 heavy (non-hydrogen) atoms. The molecule has 0 aliphatic rings. The van der Waals surface area contributed by atoms with Gasteiger partial charge in [-0.15, -0.1) is 11.3 Å². The molecule has 0 fully saturated rings. The number of aromatic hydroxyl groups is 1. The highest BCUT2D eigenvalue weighted by Crippen LogP contribution is 2.22. The Morgan fingerprint density at radius 1 is 1.39 bits per heavy atom. The summed E-state index contributed by atoms with van der Waals surface area (Å²) in [4.78, 5) is 12.7. The fourth-order valence-corrected chi connectivity index (χ4v) is 2.82. The molecule has 6 heteroatoms. The molecule has 2 rings (SSSR count). The van der Waals surface area contributed by atoms with E-state index in [-0.39, 0.29) is 11.3 Å². The normalized spacial score (nSPS) is 10.3. The second-order valence-corrected chi connectivity index (χ2v) is 6.10. The lowest BCUT2D eigenvalue weighted by Crippen LogP contribution is -2.22. The van der Waals surface area contributed by atoms with Crippen LogP contribution in [0.15, 0.2) is 34.1 Å². The first-order chi connectivity index (χ1) is 8.56. The second kappa shape index (κ2) is 5.49. The average molecular weight is 330 g/mol. The number of amides is 1. The van der Waals surface area contributed by atoms with Crippen molar-refractivity contribution in [2.45, 2.75) is 6.54 Å². The Hall–Kier alpha value is -1.40. The summed E-state index contributed by atoms with van der Waals surface area (Å²) in [7, 11) is 0. The Kier molecular flexibility index (Phi) is 3.98. The number of thiophene rings is 1. The molecular weight excluding hydrogens is 321 g/mol. The predicted molar refractivity (Wildman–Crippen MR) is 71.3 cm³/mol. The molecule has 0 aliphatic heterocycles. The molecule has 0 unspecified atom stereocenters. The number of hydrogen-bond acceptors (Lipinski definition) is 3. The summed E-state index contributed by atoms with van der Waals surface area (Å²) in [5.74, 6) is -1.30. The van der Waals surface area contributed by atoms with Crippen LogP contribution in [0.1, 0.15) is 15.2 Å². The Balaban J connectivity index is 2.05. The van der Waals surface area contributed by atoms with Crippen molar-refractivity contribution in [3.63, 3.8) is 0 Å². The molecule has 0 spiro atoms. The van der Waals surface area contributed by atoms with Crippen molar-refractivity contribution in [1.29, 1.82) is 0 Å². The van der Waals surface area contributed by atoms with Crippen LogP contribution >= 0.6 is 27.3 Å². The summed E-state index contributed by atoms with van der Waals surface area (Å²) >= 11 is 4.82. The molecule has 1 aromatic heterocycles. The molecule has 0 bridgehead atoms. The van der Waals surface area contributed by atoms with Gasteiger partial charge >= 0.3 is 0 Å². The third-order valence-electron chi connectivity index (χ3n) is 2.26. The number of phenolic OH excluding ortho intramolecular Hbond substituents is 1. The second-order valence-electron chi connectivity index (χ2n) is 3.55. The number of carbonyl (C=O) groups excluding carboxylic acids is 1. The third-order valence-corrected chi connectivity index (χ3v) is 3.88. The van der Waals surface area contributed by atoms with Crippen molar-refractivity contribution in [2.75, 3.05) is 0 Å². The van der Waals surface area contributed by atoms with Crippen molar-refractivity contribution in [2.24, 2.45) is 0 Å². The number of nitrogens with one attached hydrogen (secondary N) is 1. The Bertz CT molecular complexity index is 585. The van der Waals surface area contributed by atoms with Gasteiger partial charge in [0.25, 0.3) is 5.91 Å². The maximum Gasteiger partial charge on any atom is 0.255 e. The topological polar surface area (TPSA) is 49.3 Å². The van der Waals surface area contributed by atoms with Gasteiger partial charge in [0, 0.05) is 4.88 Å². The van der Waals surface area contributed by atoms with Crippen molar-refractivity contribution in [3.05, 3.63) is 50.4 Å². The summed E-state index contributed by atoms with van der Waals surface area (Å²) in [6.45, 7) is 0.338. The first-order valence-corrected chi connectivity index (χ1v) is 6.68. The van der Waals surface area contributed by atoms with Crippen LogP contribution in [-0.4, -0.2) is 11.0 Å². The average Bonchev–Trinajstić information content (AvgIpc) is 2.75. The van der Waals surface area contributed by atoms with Crippen LogP contribution in [0.5, 0.6) is 5.75 Å². The smallest absolute Gasteiger partial charge is 0.255 e. The zero-order chi connectivity index (χ0) is 13.1. The minimum Gasteiger partial charge on any atom is -0.507 e. The molecule has 2 N–H and O–H groups in total. The molecule has 0 aliphatic carbocycles. The van der Waals surface area contributed by atoms with E-state index in [1.165, 1.54) is 11.3 Å². The van der Waals surface area contributed by atoms with E-state index in [0.29, 0.717) is 6.54 Å². The zero-order valence-corrected chi connectivity index (χ0v) is 11.5. The minimum atomic E-state index is -0.559. The lowest BCUT2D eigenvalue weighted by Gasteiger charge is -2.05. The quantitative estimate of drug-likeness (QED) is 0.907. The minimum absolute atomic E-state index is 0.0642. The van der Waals surface area contributed by atoms with Gasteiger partial charge in [0.15, 0.2) is 0 Å². The summed E-state index contributed by atoms with van der Waals surface area (Å²) in [6, 6.07) is 7.02. The summed E-state index contributed by atoms with van der Waals surface area (Å²) in [5, 5.41) is 12.1. The molecular formula is C12H9BrFNO2S. The van der Waals surface area contributed by atoms with Gasteiger partial charge in [0.1, 0.15) is 11.6 Å². The summed E-state index contributed by atoms with van der Waals surface area (Å²) in [5.41, 5.74) is -0.0642. The van der Waals surface area contributed by atoms with Crippen molar-refractivity contribution >= 4 is 33.2 Å². The van der Waals surface area contributed by atoms with Crippen LogP contribution in [0.2, 0.25) is 0 Å². The van der Waals surface area contributed by atoms with Gasteiger partial charge in [0.05, 0.1) is 15.9 Å². The van der Waals surface area contributed by atoms with Gasteiger partial charge in [-0.05, 0) is 46.3 Å². The largest absolute Gasteiger partial charge is 0.507 e. The molecule has 0 saturated heterocycles. The van der Waals surface area contributed by atoms with Gasteiger partial charge in [-0.25, -0.2) is 4.39 Å². The molecule has 1 heterocycles. The van der Waals surface area contributed by atoms with E-state index in [2.05, 4.69) is 21.2 Å². The Morgan fingerprint density at radius 2 is 2.17 bits per heavy atom. The number of benzene rings is 1. The third kappa shape index (κ3) is 3.08. The first kappa shape index (κ1) is 13.0. The molecule has 0 atom stereocenters. The van der Waals surface area contributed by atoms with E-state index in [9.17, 15) is 14.3 Å². The predicted octanol–water partition coefficient (Wildman–Crippen LogP) is 3.29.